The first-order chi connectivity index (χ1) is 13.3. The van der Waals surface area contributed by atoms with Gasteiger partial charge in [-0.3, -0.25) is 4.57 Å². The van der Waals surface area contributed by atoms with E-state index >= 15 is 0 Å². The third-order valence-corrected chi connectivity index (χ3v) is 4.81. The normalized spacial score (nSPS) is 14.1. The van der Waals surface area contributed by atoms with Crippen molar-refractivity contribution in [1.82, 2.24) is 9.55 Å². The average molecular weight is 404 g/mol. The fourth-order valence-corrected chi connectivity index (χ4v) is 3.27. The molecule has 0 amide bonds. The zero-order valence-corrected chi connectivity index (χ0v) is 15.1. The highest BCUT2D eigenvalue weighted by atomic mass is 35.5. The Morgan fingerprint density at radius 3 is 2.64 bits per heavy atom. The number of halogens is 4. The Kier molecular flexibility index (Phi) is 4.31. The molecule has 3 aromatic rings. The van der Waals surface area contributed by atoms with E-state index in [1.54, 1.807) is 12.1 Å². The number of terminal acetylenes is 1. The number of alkyl halides is 3. The Morgan fingerprint density at radius 1 is 1.25 bits per heavy atom. The first kappa shape index (κ1) is 18.4. The smallest absolute Gasteiger partial charge is 0.367 e. The fourth-order valence-electron chi connectivity index (χ4n) is 3.01. The predicted octanol–water partition coefficient (Wildman–Crippen LogP) is 4.61. The van der Waals surface area contributed by atoms with Gasteiger partial charge >= 0.3 is 11.9 Å². The fraction of sp³-hybridized carbons (Fsp3) is 0.200. The number of hydrogen-bond acceptors (Lipinski definition) is 3. The van der Waals surface area contributed by atoms with Crippen LogP contribution >= 0.6 is 11.6 Å². The molecule has 0 spiro atoms. The second-order valence-corrected chi connectivity index (χ2v) is 6.91. The van der Waals surface area contributed by atoms with Crippen molar-refractivity contribution in [2.75, 3.05) is 5.32 Å². The molecule has 1 fully saturated rings. The molecule has 0 bridgehead atoms. The van der Waals surface area contributed by atoms with Crippen LogP contribution in [0.5, 0.6) is 0 Å². The van der Waals surface area contributed by atoms with Gasteiger partial charge in [0, 0.05) is 11.4 Å². The van der Waals surface area contributed by atoms with Crippen LogP contribution in [0.4, 0.5) is 19.0 Å². The van der Waals surface area contributed by atoms with Crippen molar-refractivity contribution in [2.45, 2.75) is 25.1 Å². The van der Waals surface area contributed by atoms with Crippen molar-refractivity contribution >= 4 is 28.3 Å². The second kappa shape index (κ2) is 6.57. The molecule has 1 N–H and O–H groups in total. The van der Waals surface area contributed by atoms with E-state index in [1.807, 2.05) is 0 Å². The highest BCUT2D eigenvalue weighted by Gasteiger charge is 2.32. The van der Waals surface area contributed by atoms with Crippen molar-refractivity contribution in [3.05, 3.63) is 63.0 Å². The molecular weight excluding hydrogens is 391 g/mol. The summed E-state index contributed by atoms with van der Waals surface area (Å²) in [5.41, 5.74) is -1.21. The molecule has 0 atom stereocenters. The lowest BCUT2D eigenvalue weighted by molar-refractivity contribution is -0.137. The molecule has 1 heterocycles. The lowest BCUT2D eigenvalue weighted by Gasteiger charge is -2.17. The maximum absolute atomic E-state index is 13.3. The van der Waals surface area contributed by atoms with Crippen LogP contribution in [-0.4, -0.2) is 15.6 Å². The van der Waals surface area contributed by atoms with Gasteiger partial charge in [0.25, 0.3) is 0 Å². The van der Waals surface area contributed by atoms with Gasteiger partial charge in [0.2, 0.25) is 0 Å². The molecule has 1 aromatic heterocycles. The monoisotopic (exact) mass is 403 g/mol. The number of para-hydroxylation sites is 1. The Labute approximate surface area is 163 Å². The SMILES string of the molecule is C#Cc1cccc(Cl)c1-n1c(=O)nc(NC2CC2)c2ccc(C(F)(F)F)cc21. The number of anilines is 1. The molecule has 0 saturated heterocycles. The molecule has 142 valence electrons. The Balaban J connectivity index is 2.10. The van der Waals surface area contributed by atoms with Gasteiger partial charge in [0.1, 0.15) is 5.82 Å². The molecule has 28 heavy (non-hydrogen) atoms. The quantitative estimate of drug-likeness (QED) is 0.649. The summed E-state index contributed by atoms with van der Waals surface area (Å²) in [4.78, 5) is 16.9. The van der Waals surface area contributed by atoms with Gasteiger partial charge in [0.05, 0.1) is 27.4 Å². The van der Waals surface area contributed by atoms with Crippen molar-refractivity contribution in [3.63, 3.8) is 0 Å². The van der Waals surface area contributed by atoms with Gasteiger partial charge in [-0.15, -0.1) is 6.42 Å². The molecular formula is C20H13ClF3N3O. The van der Waals surface area contributed by atoms with Crippen LogP contribution in [0.3, 0.4) is 0 Å². The Bertz CT molecular complexity index is 1190. The van der Waals surface area contributed by atoms with E-state index < -0.39 is 17.4 Å². The number of benzene rings is 2. The summed E-state index contributed by atoms with van der Waals surface area (Å²) in [7, 11) is 0. The third kappa shape index (κ3) is 3.20. The molecule has 8 heteroatoms. The maximum atomic E-state index is 13.3. The van der Waals surface area contributed by atoms with Gasteiger partial charge in [-0.2, -0.15) is 18.2 Å². The lowest BCUT2D eigenvalue weighted by Crippen LogP contribution is -2.25. The molecule has 0 radical (unpaired) electrons. The minimum Gasteiger partial charge on any atom is -0.367 e. The molecule has 1 saturated carbocycles. The molecule has 4 rings (SSSR count). The number of nitrogens with zero attached hydrogens (tertiary/aromatic N) is 2. The maximum Gasteiger partial charge on any atom is 0.416 e. The zero-order chi connectivity index (χ0) is 20.1. The van der Waals surface area contributed by atoms with Crippen LogP contribution in [0.1, 0.15) is 24.0 Å². The van der Waals surface area contributed by atoms with Crippen LogP contribution < -0.4 is 11.0 Å². The van der Waals surface area contributed by atoms with Gasteiger partial charge in [0.15, 0.2) is 0 Å². The number of rotatable bonds is 3. The molecule has 0 aliphatic heterocycles. The van der Waals surface area contributed by atoms with E-state index in [1.165, 1.54) is 12.1 Å². The topological polar surface area (TPSA) is 46.9 Å². The van der Waals surface area contributed by atoms with Crippen molar-refractivity contribution in [1.29, 1.82) is 0 Å². The molecule has 1 aliphatic carbocycles. The van der Waals surface area contributed by atoms with E-state index in [0.29, 0.717) is 5.39 Å². The molecule has 1 aliphatic rings. The van der Waals surface area contributed by atoms with Gasteiger partial charge in [-0.1, -0.05) is 23.6 Å². The van der Waals surface area contributed by atoms with E-state index in [0.717, 1.165) is 29.5 Å². The summed E-state index contributed by atoms with van der Waals surface area (Å²) < 4.78 is 41.0. The van der Waals surface area contributed by atoms with Crippen molar-refractivity contribution in [2.24, 2.45) is 0 Å². The molecule has 4 nitrogen and oxygen atoms in total. The summed E-state index contributed by atoms with van der Waals surface area (Å²) in [6, 6.07) is 8.02. The Morgan fingerprint density at radius 2 is 2.00 bits per heavy atom. The number of fused-ring (bicyclic) bond motifs is 1. The van der Waals surface area contributed by atoms with Crippen LogP contribution in [-0.2, 0) is 6.18 Å². The average Bonchev–Trinajstić information content (AvgIpc) is 3.45. The van der Waals surface area contributed by atoms with Crippen LogP contribution in [0, 0.1) is 12.3 Å². The number of aromatic nitrogens is 2. The van der Waals surface area contributed by atoms with E-state index in [9.17, 15) is 18.0 Å². The minimum atomic E-state index is -4.57. The van der Waals surface area contributed by atoms with Gasteiger partial charge in [-0.25, -0.2) is 4.79 Å². The van der Waals surface area contributed by atoms with Gasteiger partial charge < -0.3 is 5.32 Å². The van der Waals surface area contributed by atoms with E-state index in [-0.39, 0.29) is 33.6 Å². The highest BCUT2D eigenvalue weighted by Crippen LogP contribution is 2.35. The lowest BCUT2D eigenvalue weighted by atomic mass is 10.1. The summed E-state index contributed by atoms with van der Waals surface area (Å²) in [5, 5.41) is 3.62. The standard InChI is InChI=1S/C20H13ClF3N3O/c1-2-11-4-3-5-15(21)17(11)27-16-10-12(20(22,23)24)6-9-14(16)18(26-19(27)28)25-13-7-8-13/h1,3-6,9-10,13H,7-8H2,(H,25,26,28). The van der Waals surface area contributed by atoms with E-state index in [2.05, 4.69) is 16.2 Å². The van der Waals surface area contributed by atoms with E-state index in [4.69, 9.17) is 18.0 Å². The number of nitrogens with one attached hydrogen (secondary N) is 1. The van der Waals surface area contributed by atoms with Crippen LogP contribution in [0.25, 0.3) is 16.6 Å². The summed E-state index contributed by atoms with van der Waals surface area (Å²) in [6.07, 6.45) is 2.78. The van der Waals surface area contributed by atoms with Crippen LogP contribution in [0.2, 0.25) is 5.02 Å². The summed E-state index contributed by atoms with van der Waals surface area (Å²) >= 11 is 6.26. The van der Waals surface area contributed by atoms with Crippen LogP contribution in [0.15, 0.2) is 41.2 Å². The second-order valence-electron chi connectivity index (χ2n) is 6.51. The number of hydrogen-bond donors (Lipinski definition) is 1. The van der Waals surface area contributed by atoms with Crippen molar-refractivity contribution < 1.29 is 13.2 Å². The predicted molar refractivity (Wildman–Crippen MR) is 102 cm³/mol. The molecule has 2 aromatic carbocycles. The minimum absolute atomic E-state index is 0.0302. The molecule has 0 unspecified atom stereocenters. The van der Waals surface area contributed by atoms with Gasteiger partial charge in [-0.05, 0) is 43.2 Å². The third-order valence-electron chi connectivity index (χ3n) is 4.50. The van der Waals surface area contributed by atoms with Crippen molar-refractivity contribution in [3.8, 4) is 18.0 Å². The summed E-state index contributed by atoms with van der Waals surface area (Å²) in [5.74, 6) is 2.67. The Hall–Kier alpha value is -2.98. The summed E-state index contributed by atoms with van der Waals surface area (Å²) in [6.45, 7) is 0. The first-order valence-corrected chi connectivity index (χ1v) is 8.83. The zero-order valence-electron chi connectivity index (χ0n) is 14.3. The largest absolute Gasteiger partial charge is 0.416 e. The first-order valence-electron chi connectivity index (χ1n) is 8.45. The highest BCUT2D eigenvalue weighted by molar-refractivity contribution is 6.32.